The van der Waals surface area contributed by atoms with E-state index in [9.17, 15) is 73.2 Å². The predicted octanol–water partition coefficient (Wildman–Crippen LogP) is -4.42. The Balaban J connectivity index is 2.98. The number of aliphatic carboxylic acids is 2. The second-order valence-corrected chi connectivity index (χ2v) is 16.6. The van der Waals surface area contributed by atoms with Gasteiger partial charge in [0.15, 0.2) is 0 Å². The lowest BCUT2D eigenvalue weighted by atomic mass is 9.99. The summed E-state index contributed by atoms with van der Waals surface area (Å²) in [5, 5.41) is 56.4. The number of hydrogen-bond donors (Lipinski definition) is 14. The van der Waals surface area contributed by atoms with Crippen LogP contribution >= 0.6 is 0 Å². The minimum atomic E-state index is -1.86. The standard InChI is InChI=1S/C41H64N10O15/c1-18(2)12-27(41(65)66)48-38(62)26(15-31(56)57)46-37(61)25(14-29(43)54)47-39(63)32(19(3)4)51-40(64)33(20(5)6)50-34(58)21(7)45-30(55)16-44-36(60)28(17-52)49-35(59)24(42)13-22-8-10-23(53)11-9-22/h8-11,18-21,24-28,32-33,52-53H,12-17,42H2,1-7H3,(H2,43,54)(H,44,60)(H,45,55)(H,46,61)(H,47,63)(H,48,62)(H,49,59)(H,50,58)(H,51,64)(H,56,57)(H,65,66)/t21-,24-,25-,26-,27-,28-,32-,33-/m0/s1. The molecular weight excluding hydrogens is 873 g/mol. The molecule has 8 atom stereocenters. The summed E-state index contributed by atoms with van der Waals surface area (Å²) >= 11 is 0. The minimum Gasteiger partial charge on any atom is -0.508 e. The number of aliphatic hydroxyl groups is 1. The molecule has 0 saturated heterocycles. The van der Waals surface area contributed by atoms with Gasteiger partial charge < -0.3 is 74.4 Å². The van der Waals surface area contributed by atoms with Crippen molar-refractivity contribution >= 4 is 65.1 Å². The number of primary amides is 1. The Kier molecular flexibility index (Phi) is 23.8. The Morgan fingerprint density at radius 1 is 0.576 bits per heavy atom. The van der Waals surface area contributed by atoms with Gasteiger partial charge in [0, 0.05) is 0 Å². The summed E-state index contributed by atoms with van der Waals surface area (Å²) in [6.07, 6.45) is -1.85. The van der Waals surface area contributed by atoms with Gasteiger partial charge in [-0.1, -0.05) is 53.7 Å². The van der Waals surface area contributed by atoms with E-state index in [-0.39, 0.29) is 24.5 Å². The molecular formula is C41H64N10O15. The number of carboxylic acids is 2. The SMILES string of the molecule is CC(C)C[C@H](NC(=O)[C@H](CC(=O)O)NC(=O)[C@H](CC(N)=O)NC(=O)[C@@H](NC(=O)[C@@H](NC(=O)[C@H](C)NC(=O)CNC(=O)[C@H](CO)NC(=O)[C@@H](N)Cc1ccc(O)cc1)C(C)C)C(C)C)C(=O)O. The van der Waals surface area contributed by atoms with Crippen LogP contribution in [0.1, 0.15) is 73.3 Å². The maximum Gasteiger partial charge on any atom is 0.326 e. The largest absolute Gasteiger partial charge is 0.508 e. The molecule has 368 valence electrons. The van der Waals surface area contributed by atoms with E-state index in [1.54, 1.807) is 39.8 Å². The molecule has 66 heavy (non-hydrogen) atoms. The lowest BCUT2D eigenvalue weighted by Gasteiger charge is -2.29. The van der Waals surface area contributed by atoms with E-state index >= 15 is 0 Å². The molecule has 1 aromatic carbocycles. The van der Waals surface area contributed by atoms with Gasteiger partial charge in [0.05, 0.1) is 32.0 Å². The van der Waals surface area contributed by atoms with Crippen LogP contribution in [0.25, 0.3) is 0 Å². The molecule has 0 bridgehead atoms. The molecule has 0 aliphatic carbocycles. The number of benzene rings is 1. The molecule has 1 rings (SSSR count). The number of carboxylic acid groups (broad SMARTS) is 2. The third kappa shape index (κ3) is 20.3. The number of aliphatic hydroxyl groups excluding tert-OH is 1. The first kappa shape index (κ1) is 57.1. The second-order valence-electron chi connectivity index (χ2n) is 16.6. The highest BCUT2D eigenvalue weighted by Gasteiger charge is 2.36. The number of hydrogen-bond acceptors (Lipinski definition) is 14. The smallest absolute Gasteiger partial charge is 0.326 e. The van der Waals surface area contributed by atoms with E-state index in [2.05, 4.69) is 42.5 Å². The summed E-state index contributed by atoms with van der Waals surface area (Å²) < 4.78 is 0. The van der Waals surface area contributed by atoms with Crippen molar-refractivity contribution in [1.29, 1.82) is 0 Å². The van der Waals surface area contributed by atoms with Crippen molar-refractivity contribution in [2.24, 2.45) is 29.2 Å². The lowest BCUT2D eigenvalue weighted by molar-refractivity contribution is -0.144. The molecule has 1 aromatic rings. The quantitative estimate of drug-likeness (QED) is 0.0377. The third-order valence-corrected chi connectivity index (χ3v) is 9.60. The summed E-state index contributed by atoms with van der Waals surface area (Å²) in [6.45, 7) is 9.23. The number of phenolic OH excluding ortho intramolecular Hbond substituents is 1. The fraction of sp³-hybridized carbons (Fsp3) is 0.585. The average molecular weight is 937 g/mol. The summed E-state index contributed by atoms with van der Waals surface area (Å²) in [5.74, 6) is -13.4. The molecule has 0 fully saturated rings. The van der Waals surface area contributed by atoms with Crippen LogP contribution in [0.2, 0.25) is 0 Å². The van der Waals surface area contributed by atoms with E-state index in [4.69, 9.17) is 11.5 Å². The van der Waals surface area contributed by atoms with Crippen LogP contribution in [0, 0.1) is 17.8 Å². The molecule has 0 spiro atoms. The van der Waals surface area contributed by atoms with E-state index in [1.807, 2.05) is 0 Å². The Labute approximate surface area is 380 Å². The fourth-order valence-corrected chi connectivity index (χ4v) is 5.98. The predicted molar refractivity (Wildman–Crippen MR) is 232 cm³/mol. The van der Waals surface area contributed by atoms with E-state index in [0.717, 1.165) is 0 Å². The van der Waals surface area contributed by atoms with Gasteiger partial charge in [-0.05, 0) is 55.2 Å². The van der Waals surface area contributed by atoms with Crippen molar-refractivity contribution in [1.82, 2.24) is 42.5 Å². The molecule has 9 amide bonds. The number of carbonyl (C=O) groups is 11. The monoisotopic (exact) mass is 936 g/mol. The first-order chi connectivity index (χ1) is 30.7. The Hall–Kier alpha value is -6.89. The number of amides is 9. The maximum absolute atomic E-state index is 13.6. The summed E-state index contributed by atoms with van der Waals surface area (Å²) in [6, 6.07) is -5.89. The van der Waals surface area contributed by atoms with E-state index in [1.165, 1.54) is 32.9 Å². The fourth-order valence-electron chi connectivity index (χ4n) is 5.98. The molecule has 0 saturated carbocycles. The van der Waals surface area contributed by atoms with Crippen LogP contribution in [0.5, 0.6) is 5.75 Å². The first-order valence-electron chi connectivity index (χ1n) is 20.9. The maximum atomic E-state index is 13.6. The van der Waals surface area contributed by atoms with Crippen molar-refractivity contribution in [2.45, 2.75) is 122 Å². The molecule has 16 N–H and O–H groups in total. The van der Waals surface area contributed by atoms with Crippen molar-refractivity contribution in [3.05, 3.63) is 29.8 Å². The second kappa shape index (κ2) is 27.4. The van der Waals surface area contributed by atoms with Crippen LogP contribution in [0.4, 0.5) is 0 Å². The Bertz CT molecular complexity index is 1910. The zero-order chi connectivity index (χ0) is 50.6. The van der Waals surface area contributed by atoms with Gasteiger partial charge in [-0.3, -0.25) is 47.9 Å². The van der Waals surface area contributed by atoms with Gasteiger partial charge in [0.1, 0.15) is 48.0 Å². The minimum absolute atomic E-state index is 0.0101. The molecule has 0 heterocycles. The van der Waals surface area contributed by atoms with Gasteiger partial charge in [-0.2, -0.15) is 0 Å². The van der Waals surface area contributed by atoms with Crippen LogP contribution in [0.3, 0.4) is 0 Å². The molecule has 25 nitrogen and oxygen atoms in total. The van der Waals surface area contributed by atoms with Crippen molar-refractivity contribution in [2.75, 3.05) is 13.2 Å². The number of aromatic hydroxyl groups is 1. The highest BCUT2D eigenvalue weighted by Crippen LogP contribution is 2.12. The summed E-state index contributed by atoms with van der Waals surface area (Å²) in [5.41, 5.74) is 11.8. The van der Waals surface area contributed by atoms with Crippen molar-refractivity contribution in [3.8, 4) is 5.75 Å². The zero-order valence-electron chi connectivity index (χ0n) is 37.8. The van der Waals surface area contributed by atoms with Gasteiger partial charge in [-0.15, -0.1) is 0 Å². The molecule has 0 aliphatic rings. The topological polar surface area (TPSA) is 417 Å². The molecule has 0 unspecified atom stereocenters. The number of rotatable bonds is 28. The Morgan fingerprint density at radius 3 is 1.52 bits per heavy atom. The summed E-state index contributed by atoms with van der Waals surface area (Å²) in [7, 11) is 0. The molecule has 0 aliphatic heterocycles. The van der Waals surface area contributed by atoms with Gasteiger partial charge in [-0.25, -0.2) is 4.79 Å². The van der Waals surface area contributed by atoms with Gasteiger partial charge in [0.25, 0.3) is 0 Å². The Morgan fingerprint density at radius 2 is 1.05 bits per heavy atom. The number of phenols is 1. The van der Waals surface area contributed by atoms with Gasteiger partial charge >= 0.3 is 11.9 Å². The van der Waals surface area contributed by atoms with Crippen LogP contribution in [-0.4, -0.2) is 147 Å². The number of nitrogens with two attached hydrogens (primary N) is 2. The summed E-state index contributed by atoms with van der Waals surface area (Å²) in [4.78, 5) is 140. The number of carbonyl (C=O) groups excluding carboxylic acids is 9. The van der Waals surface area contributed by atoms with Gasteiger partial charge in [0.2, 0.25) is 53.2 Å². The third-order valence-electron chi connectivity index (χ3n) is 9.60. The lowest BCUT2D eigenvalue weighted by Crippen LogP contribution is -2.61. The highest BCUT2D eigenvalue weighted by molar-refractivity contribution is 5.99. The van der Waals surface area contributed by atoms with Crippen molar-refractivity contribution < 1.29 is 73.2 Å². The van der Waals surface area contributed by atoms with Crippen LogP contribution in [-0.2, 0) is 59.2 Å². The molecule has 25 heteroatoms. The number of nitrogens with one attached hydrogen (secondary N) is 8. The average Bonchev–Trinajstić information content (AvgIpc) is 3.21. The van der Waals surface area contributed by atoms with Crippen LogP contribution in [0.15, 0.2) is 24.3 Å². The van der Waals surface area contributed by atoms with E-state index < -0.39 is 151 Å². The normalized spacial score (nSPS) is 14.7. The zero-order valence-corrected chi connectivity index (χ0v) is 37.8. The van der Waals surface area contributed by atoms with Crippen molar-refractivity contribution in [3.63, 3.8) is 0 Å². The van der Waals surface area contributed by atoms with Crippen LogP contribution < -0.4 is 54.0 Å². The molecule has 0 aromatic heterocycles. The highest BCUT2D eigenvalue weighted by atomic mass is 16.4. The van der Waals surface area contributed by atoms with E-state index in [0.29, 0.717) is 5.56 Å². The molecule has 0 radical (unpaired) electrons. The first-order valence-corrected chi connectivity index (χ1v) is 20.9.